The van der Waals surface area contributed by atoms with Crippen LogP contribution in [0.1, 0.15) is 37.3 Å². The number of amides is 2. The molecule has 2 N–H and O–H groups in total. The summed E-state index contributed by atoms with van der Waals surface area (Å²) in [5, 5.41) is 5.50. The van der Waals surface area contributed by atoms with Crippen molar-refractivity contribution in [3.63, 3.8) is 0 Å². The fourth-order valence-electron chi connectivity index (χ4n) is 2.76. The molecule has 0 bridgehead atoms. The Kier molecular flexibility index (Phi) is 6.55. The lowest BCUT2D eigenvalue weighted by atomic mass is 9.88. The van der Waals surface area contributed by atoms with Crippen molar-refractivity contribution in [1.29, 1.82) is 0 Å². The second kappa shape index (κ2) is 8.87. The van der Waals surface area contributed by atoms with Crippen molar-refractivity contribution in [3.8, 4) is 0 Å². The molecule has 4 heteroatoms. The molecule has 0 saturated heterocycles. The summed E-state index contributed by atoms with van der Waals surface area (Å²) >= 11 is 0. The van der Waals surface area contributed by atoms with Crippen LogP contribution in [-0.4, -0.2) is 24.4 Å². The van der Waals surface area contributed by atoms with Gasteiger partial charge < -0.3 is 10.6 Å². The monoisotopic (exact) mass is 324 g/mol. The number of carbonyl (C=O) groups is 2. The lowest BCUT2D eigenvalue weighted by Crippen LogP contribution is -2.44. The van der Waals surface area contributed by atoms with Gasteiger partial charge in [-0.15, -0.1) is 0 Å². The van der Waals surface area contributed by atoms with E-state index in [1.54, 1.807) is 6.92 Å². The highest BCUT2D eigenvalue weighted by Gasteiger charge is 2.16. The second-order valence-corrected chi connectivity index (χ2v) is 5.88. The van der Waals surface area contributed by atoms with Crippen molar-refractivity contribution in [1.82, 2.24) is 10.6 Å². The van der Waals surface area contributed by atoms with E-state index in [1.165, 1.54) is 18.1 Å². The van der Waals surface area contributed by atoms with Gasteiger partial charge in [-0.2, -0.15) is 0 Å². The Morgan fingerprint density at radius 1 is 0.917 bits per heavy atom. The van der Waals surface area contributed by atoms with Crippen LogP contribution < -0.4 is 10.6 Å². The zero-order valence-corrected chi connectivity index (χ0v) is 14.2. The van der Waals surface area contributed by atoms with E-state index in [1.807, 2.05) is 36.4 Å². The minimum absolute atomic E-state index is 0.162. The Hall–Kier alpha value is -2.62. The lowest BCUT2D eigenvalue weighted by Gasteiger charge is -2.19. The van der Waals surface area contributed by atoms with Crippen molar-refractivity contribution in [3.05, 3.63) is 71.8 Å². The van der Waals surface area contributed by atoms with Crippen LogP contribution in [0.5, 0.6) is 0 Å². The molecule has 0 radical (unpaired) electrons. The van der Waals surface area contributed by atoms with Crippen molar-refractivity contribution in [2.45, 2.75) is 32.2 Å². The van der Waals surface area contributed by atoms with Crippen molar-refractivity contribution in [2.75, 3.05) is 6.54 Å². The topological polar surface area (TPSA) is 58.2 Å². The van der Waals surface area contributed by atoms with Gasteiger partial charge in [-0.05, 0) is 24.5 Å². The fourth-order valence-corrected chi connectivity index (χ4v) is 2.76. The van der Waals surface area contributed by atoms with Crippen molar-refractivity contribution >= 4 is 11.8 Å². The maximum Gasteiger partial charge on any atom is 0.242 e. The Balaban J connectivity index is 2.00. The van der Waals surface area contributed by atoms with Crippen LogP contribution in [0.3, 0.4) is 0 Å². The molecule has 1 atom stereocenters. The average molecular weight is 324 g/mol. The Bertz CT molecular complexity index is 616. The molecule has 2 rings (SSSR count). The number of benzene rings is 2. The predicted molar refractivity (Wildman–Crippen MR) is 95.6 cm³/mol. The standard InChI is InChI=1S/C20H24N2O2/c1-15(22-16(2)23)20(24)21-14-13-19(17-9-5-3-6-10-17)18-11-7-4-8-12-18/h3-12,15,19H,13-14H2,1-2H3,(H,21,24)(H,22,23). The van der Waals surface area contributed by atoms with Crippen molar-refractivity contribution in [2.24, 2.45) is 0 Å². The van der Waals surface area contributed by atoms with E-state index in [9.17, 15) is 9.59 Å². The first kappa shape index (κ1) is 17.7. The molecular weight excluding hydrogens is 300 g/mol. The predicted octanol–water partition coefficient (Wildman–Crippen LogP) is 2.85. The second-order valence-electron chi connectivity index (χ2n) is 5.88. The Morgan fingerprint density at radius 2 is 1.42 bits per heavy atom. The zero-order chi connectivity index (χ0) is 17.4. The molecule has 0 saturated carbocycles. The van der Waals surface area contributed by atoms with Crippen LogP contribution in [0.4, 0.5) is 0 Å². The van der Waals surface area contributed by atoms with Gasteiger partial charge in [0, 0.05) is 19.4 Å². The normalized spacial score (nSPS) is 11.8. The van der Waals surface area contributed by atoms with Gasteiger partial charge in [0.1, 0.15) is 6.04 Å². The number of carbonyl (C=O) groups excluding carboxylic acids is 2. The molecular formula is C20H24N2O2. The molecule has 0 heterocycles. The van der Waals surface area contributed by atoms with E-state index in [0.29, 0.717) is 6.54 Å². The highest BCUT2D eigenvalue weighted by atomic mass is 16.2. The summed E-state index contributed by atoms with van der Waals surface area (Å²) in [6.07, 6.45) is 0.798. The summed E-state index contributed by atoms with van der Waals surface area (Å²) in [5.74, 6) is -0.141. The van der Waals surface area contributed by atoms with Crippen LogP contribution in [0.2, 0.25) is 0 Å². The van der Waals surface area contributed by atoms with Crippen LogP contribution in [0, 0.1) is 0 Å². The third-order valence-corrected chi connectivity index (χ3v) is 3.95. The van der Waals surface area contributed by atoms with E-state index in [2.05, 4.69) is 34.9 Å². The number of hydrogen-bond donors (Lipinski definition) is 2. The van der Waals surface area contributed by atoms with E-state index in [-0.39, 0.29) is 17.7 Å². The van der Waals surface area contributed by atoms with E-state index >= 15 is 0 Å². The SMILES string of the molecule is CC(=O)NC(C)C(=O)NCCC(c1ccccc1)c1ccccc1. The molecule has 0 spiro atoms. The molecule has 126 valence electrons. The van der Waals surface area contributed by atoms with E-state index < -0.39 is 6.04 Å². The third-order valence-electron chi connectivity index (χ3n) is 3.95. The van der Waals surface area contributed by atoms with Gasteiger partial charge in [0.05, 0.1) is 0 Å². The number of nitrogens with one attached hydrogen (secondary N) is 2. The molecule has 2 aromatic rings. The molecule has 0 aliphatic rings. The number of hydrogen-bond acceptors (Lipinski definition) is 2. The highest BCUT2D eigenvalue weighted by molar-refractivity contribution is 5.86. The van der Waals surface area contributed by atoms with Gasteiger partial charge in [0.2, 0.25) is 11.8 Å². The van der Waals surface area contributed by atoms with Gasteiger partial charge >= 0.3 is 0 Å². The summed E-state index contributed by atoms with van der Waals surface area (Å²) in [5.41, 5.74) is 2.46. The molecule has 4 nitrogen and oxygen atoms in total. The molecule has 24 heavy (non-hydrogen) atoms. The van der Waals surface area contributed by atoms with Gasteiger partial charge in [-0.25, -0.2) is 0 Å². The highest BCUT2D eigenvalue weighted by Crippen LogP contribution is 2.27. The van der Waals surface area contributed by atoms with Crippen molar-refractivity contribution < 1.29 is 9.59 Å². The Morgan fingerprint density at radius 3 is 1.88 bits per heavy atom. The van der Waals surface area contributed by atoms with E-state index in [4.69, 9.17) is 0 Å². The summed E-state index contributed by atoms with van der Waals surface area (Å²) in [6, 6.07) is 20.0. The Labute approximate surface area is 143 Å². The van der Waals surface area contributed by atoms with E-state index in [0.717, 1.165) is 6.42 Å². The van der Waals surface area contributed by atoms with Gasteiger partial charge in [-0.1, -0.05) is 60.7 Å². The smallest absolute Gasteiger partial charge is 0.242 e. The minimum Gasteiger partial charge on any atom is -0.354 e. The van der Waals surface area contributed by atoms with Crippen LogP contribution >= 0.6 is 0 Å². The maximum absolute atomic E-state index is 12.0. The first-order chi connectivity index (χ1) is 11.6. The van der Waals surface area contributed by atoms with Crippen LogP contribution in [-0.2, 0) is 9.59 Å². The first-order valence-corrected chi connectivity index (χ1v) is 8.22. The third kappa shape index (κ3) is 5.23. The number of rotatable bonds is 7. The molecule has 2 aromatic carbocycles. The van der Waals surface area contributed by atoms with Gasteiger partial charge in [0.25, 0.3) is 0 Å². The minimum atomic E-state index is -0.519. The van der Waals surface area contributed by atoms with Crippen LogP contribution in [0.15, 0.2) is 60.7 Å². The zero-order valence-electron chi connectivity index (χ0n) is 14.2. The summed E-state index contributed by atoms with van der Waals surface area (Å²) in [6.45, 7) is 3.64. The summed E-state index contributed by atoms with van der Waals surface area (Å²) < 4.78 is 0. The molecule has 1 unspecified atom stereocenters. The quantitative estimate of drug-likeness (QED) is 0.823. The average Bonchev–Trinajstić information content (AvgIpc) is 2.59. The van der Waals surface area contributed by atoms with Crippen LogP contribution in [0.25, 0.3) is 0 Å². The van der Waals surface area contributed by atoms with Gasteiger partial charge in [0.15, 0.2) is 0 Å². The molecule has 0 fully saturated rings. The van der Waals surface area contributed by atoms with Gasteiger partial charge in [-0.3, -0.25) is 9.59 Å². The summed E-state index contributed by atoms with van der Waals surface area (Å²) in [7, 11) is 0. The molecule has 0 aromatic heterocycles. The largest absolute Gasteiger partial charge is 0.354 e. The molecule has 2 amide bonds. The molecule has 0 aliphatic heterocycles. The molecule has 0 aliphatic carbocycles. The fraction of sp³-hybridized carbons (Fsp3) is 0.300. The maximum atomic E-state index is 12.0. The summed E-state index contributed by atoms with van der Waals surface area (Å²) in [4.78, 5) is 23.0. The first-order valence-electron chi connectivity index (χ1n) is 8.22. The lowest BCUT2D eigenvalue weighted by molar-refractivity contribution is -0.127.